The lowest BCUT2D eigenvalue weighted by Crippen LogP contribution is -2.18. The van der Waals surface area contributed by atoms with E-state index in [0.29, 0.717) is 22.2 Å². The van der Waals surface area contributed by atoms with Crippen LogP contribution in [-0.2, 0) is 5.41 Å². The van der Waals surface area contributed by atoms with Gasteiger partial charge in [0.2, 0.25) is 0 Å². The molecule has 0 aliphatic rings. The van der Waals surface area contributed by atoms with Crippen LogP contribution in [0.1, 0.15) is 52.0 Å². The molecule has 7 nitrogen and oxygen atoms in total. The zero-order valence-electron chi connectivity index (χ0n) is 16.3. The number of hydrogen-bond acceptors (Lipinski definition) is 5. The number of phenolic OH excluding ortho intramolecular Hbond substituents is 2. The van der Waals surface area contributed by atoms with E-state index in [9.17, 15) is 20.3 Å². The van der Waals surface area contributed by atoms with E-state index in [1.807, 2.05) is 13.8 Å². The van der Waals surface area contributed by atoms with Gasteiger partial charge in [0.05, 0.1) is 10.4 Å². The molecule has 0 aliphatic carbocycles. The van der Waals surface area contributed by atoms with Crippen LogP contribution in [0.3, 0.4) is 0 Å². The molecule has 0 aliphatic heterocycles. The van der Waals surface area contributed by atoms with Crippen molar-refractivity contribution in [3.63, 3.8) is 0 Å². The van der Waals surface area contributed by atoms with Crippen LogP contribution in [0.2, 0.25) is 0 Å². The average molecular weight is 383 g/mol. The second-order valence-corrected chi connectivity index (χ2v) is 7.78. The molecule has 0 amide bonds. The summed E-state index contributed by atoms with van der Waals surface area (Å²) in [7, 11) is 0. The normalized spacial score (nSPS) is 11.8. The molecule has 1 heterocycles. The van der Waals surface area contributed by atoms with E-state index in [1.165, 1.54) is 22.9 Å². The minimum absolute atomic E-state index is 0.0232. The quantitative estimate of drug-likeness (QED) is 0.253. The summed E-state index contributed by atoms with van der Waals surface area (Å²) in [5.74, 6) is 0.0958. The van der Waals surface area contributed by atoms with Crippen LogP contribution in [0.25, 0.3) is 16.6 Å². The van der Waals surface area contributed by atoms with Crippen LogP contribution < -0.4 is 0 Å². The predicted molar refractivity (Wildman–Crippen MR) is 108 cm³/mol. The molecule has 0 spiro atoms. The molecule has 148 valence electrons. The Kier molecular flexibility index (Phi) is 5.27. The number of rotatable bonds is 7. The summed E-state index contributed by atoms with van der Waals surface area (Å²) >= 11 is 0. The Labute approximate surface area is 163 Å². The van der Waals surface area contributed by atoms with Gasteiger partial charge in [0, 0.05) is 35.3 Å². The summed E-state index contributed by atoms with van der Waals surface area (Å²) < 4.78 is 1.45. The SMILES string of the molecule is CCCCCC(C)(C)c1cc(O)cc(-n2cc3cc([N+](=O)[O-])ccc3n2)c1O. The van der Waals surface area contributed by atoms with E-state index in [-0.39, 0.29) is 22.6 Å². The largest absolute Gasteiger partial charge is 0.508 e. The van der Waals surface area contributed by atoms with E-state index in [0.717, 1.165) is 25.7 Å². The van der Waals surface area contributed by atoms with Crippen molar-refractivity contribution in [3.8, 4) is 17.2 Å². The van der Waals surface area contributed by atoms with Crippen LogP contribution in [0.5, 0.6) is 11.5 Å². The Morgan fingerprint density at radius 3 is 2.61 bits per heavy atom. The van der Waals surface area contributed by atoms with Crippen molar-refractivity contribution in [3.05, 3.63) is 52.2 Å². The van der Waals surface area contributed by atoms with Crippen molar-refractivity contribution in [1.82, 2.24) is 9.78 Å². The standard InChI is InChI=1S/C21H25N3O4/c1-4-5-6-9-21(2,3)17-11-16(25)12-19(20(17)26)23-13-14-10-15(24(27)28)7-8-18(14)22-23/h7-8,10-13,25-26H,4-6,9H2,1-3H3. The molecular formula is C21H25N3O4. The van der Waals surface area contributed by atoms with Gasteiger partial charge in [-0.3, -0.25) is 10.1 Å². The first-order chi connectivity index (χ1) is 13.2. The lowest BCUT2D eigenvalue weighted by atomic mass is 9.79. The highest BCUT2D eigenvalue weighted by Crippen LogP contribution is 2.41. The van der Waals surface area contributed by atoms with E-state index in [1.54, 1.807) is 18.3 Å². The number of fused-ring (bicyclic) bond motifs is 1. The van der Waals surface area contributed by atoms with Crippen molar-refractivity contribution in [2.75, 3.05) is 0 Å². The molecule has 0 atom stereocenters. The third kappa shape index (κ3) is 3.78. The van der Waals surface area contributed by atoms with Crippen LogP contribution in [0.15, 0.2) is 36.5 Å². The number of unbranched alkanes of at least 4 members (excludes halogenated alkanes) is 2. The Balaban J connectivity index is 2.06. The van der Waals surface area contributed by atoms with Crippen molar-refractivity contribution < 1.29 is 15.1 Å². The van der Waals surface area contributed by atoms with Gasteiger partial charge in [-0.05, 0) is 24.0 Å². The van der Waals surface area contributed by atoms with E-state index in [4.69, 9.17) is 0 Å². The van der Waals surface area contributed by atoms with Gasteiger partial charge < -0.3 is 10.2 Å². The minimum atomic E-state index is -0.459. The first-order valence-electron chi connectivity index (χ1n) is 9.43. The van der Waals surface area contributed by atoms with Crippen molar-refractivity contribution >= 4 is 16.6 Å². The Morgan fingerprint density at radius 1 is 1.18 bits per heavy atom. The third-order valence-corrected chi connectivity index (χ3v) is 5.15. The highest BCUT2D eigenvalue weighted by Gasteiger charge is 2.27. The molecule has 0 bridgehead atoms. The summed E-state index contributed by atoms with van der Waals surface area (Å²) in [5.41, 5.74) is 1.22. The predicted octanol–water partition coefficient (Wildman–Crippen LogP) is 5.20. The van der Waals surface area contributed by atoms with Crippen LogP contribution in [-0.4, -0.2) is 24.9 Å². The summed E-state index contributed by atoms with van der Waals surface area (Å²) in [6, 6.07) is 7.44. The molecule has 0 fully saturated rings. The molecule has 0 saturated carbocycles. The first kappa shape index (κ1) is 19.7. The van der Waals surface area contributed by atoms with Gasteiger partial charge in [0.25, 0.3) is 5.69 Å². The Bertz CT molecular complexity index is 1020. The third-order valence-electron chi connectivity index (χ3n) is 5.15. The van der Waals surface area contributed by atoms with Crippen LogP contribution in [0.4, 0.5) is 5.69 Å². The number of nitro benzene ring substituents is 1. The number of aromatic hydroxyl groups is 2. The maximum absolute atomic E-state index is 11.0. The van der Waals surface area contributed by atoms with E-state index >= 15 is 0 Å². The van der Waals surface area contributed by atoms with Gasteiger partial charge in [-0.15, -0.1) is 0 Å². The molecule has 0 unspecified atom stereocenters. The first-order valence-corrected chi connectivity index (χ1v) is 9.43. The monoisotopic (exact) mass is 383 g/mol. The van der Waals surface area contributed by atoms with Crippen molar-refractivity contribution in [2.24, 2.45) is 0 Å². The molecule has 0 saturated heterocycles. The number of nitro groups is 1. The molecule has 3 aromatic rings. The molecule has 1 aromatic heterocycles. The number of phenols is 2. The topological polar surface area (TPSA) is 101 Å². The summed E-state index contributed by atoms with van der Waals surface area (Å²) in [6.45, 7) is 6.23. The van der Waals surface area contributed by atoms with Crippen molar-refractivity contribution in [1.29, 1.82) is 0 Å². The lowest BCUT2D eigenvalue weighted by molar-refractivity contribution is -0.384. The molecule has 2 aromatic carbocycles. The molecule has 3 rings (SSSR count). The highest BCUT2D eigenvalue weighted by atomic mass is 16.6. The number of hydrogen-bond donors (Lipinski definition) is 2. The number of aromatic nitrogens is 2. The molecule has 0 radical (unpaired) electrons. The number of non-ortho nitro benzene ring substituents is 1. The average Bonchev–Trinajstić information content (AvgIpc) is 3.06. The summed E-state index contributed by atoms with van der Waals surface area (Å²) in [5, 5.41) is 37.2. The lowest BCUT2D eigenvalue weighted by Gasteiger charge is -2.27. The smallest absolute Gasteiger partial charge is 0.270 e. The second kappa shape index (κ2) is 7.50. The Morgan fingerprint density at radius 2 is 1.93 bits per heavy atom. The number of benzene rings is 2. The van der Waals surface area contributed by atoms with Gasteiger partial charge in [-0.2, -0.15) is 5.10 Å². The highest BCUT2D eigenvalue weighted by molar-refractivity contribution is 5.81. The maximum Gasteiger partial charge on any atom is 0.270 e. The van der Waals surface area contributed by atoms with Crippen LogP contribution in [0, 0.1) is 10.1 Å². The minimum Gasteiger partial charge on any atom is -0.508 e. The summed E-state index contributed by atoms with van der Waals surface area (Å²) in [4.78, 5) is 10.5. The fourth-order valence-corrected chi connectivity index (χ4v) is 3.50. The molecule has 28 heavy (non-hydrogen) atoms. The zero-order valence-corrected chi connectivity index (χ0v) is 16.3. The zero-order chi connectivity index (χ0) is 20.5. The van der Waals surface area contributed by atoms with E-state index < -0.39 is 4.92 Å². The maximum atomic E-state index is 11.0. The fraction of sp³-hybridized carbons (Fsp3) is 0.381. The van der Waals surface area contributed by atoms with Gasteiger partial charge in [-0.25, -0.2) is 4.68 Å². The second-order valence-electron chi connectivity index (χ2n) is 7.78. The Hall–Kier alpha value is -3.09. The van der Waals surface area contributed by atoms with Gasteiger partial charge in [0.15, 0.2) is 0 Å². The van der Waals surface area contributed by atoms with Gasteiger partial charge in [0.1, 0.15) is 17.2 Å². The summed E-state index contributed by atoms with van der Waals surface area (Å²) in [6.07, 6.45) is 5.75. The van der Waals surface area contributed by atoms with E-state index in [2.05, 4.69) is 12.0 Å². The van der Waals surface area contributed by atoms with Crippen LogP contribution >= 0.6 is 0 Å². The molecule has 2 N–H and O–H groups in total. The van der Waals surface area contributed by atoms with Crippen molar-refractivity contribution in [2.45, 2.75) is 51.9 Å². The van der Waals surface area contributed by atoms with Gasteiger partial charge in [-0.1, -0.05) is 40.0 Å². The molecular weight excluding hydrogens is 358 g/mol. The molecule has 7 heteroatoms. The number of nitrogens with zero attached hydrogens (tertiary/aromatic N) is 3. The fourth-order valence-electron chi connectivity index (χ4n) is 3.50. The van der Waals surface area contributed by atoms with Gasteiger partial charge >= 0.3 is 0 Å².